The van der Waals surface area contributed by atoms with Crippen LogP contribution in [0.4, 0.5) is 0 Å². The Morgan fingerprint density at radius 2 is 0.898 bits per heavy atom. The lowest BCUT2D eigenvalue weighted by molar-refractivity contribution is -0.870. The maximum atomic E-state index is 12.5. The van der Waals surface area contributed by atoms with Crippen molar-refractivity contribution in [2.45, 2.75) is 245 Å². The number of allylic oxidation sites excluding steroid dienone is 3. The molecule has 0 aromatic heterocycles. The number of rotatable bonds is 47. The summed E-state index contributed by atoms with van der Waals surface area (Å²) in [6.07, 6.45) is 51.8. The van der Waals surface area contributed by atoms with E-state index in [1.54, 1.807) is 6.26 Å². The standard InChI is InChI=1S/C50H98NO7P/c1-6-8-10-12-14-16-18-20-22-24-25-26-27-28-29-31-33-35-37-39-41-43-50(52)56-47-49(48-58-59(53,54)57-46-44-51(3,4)5)55-45-42-40-38-36-34-32-30-23-21-19-17-15-13-11-9-7-2/h20,22,42,45,49H,6-19,21,23-41,43-44,46-48H2,1-5H3/p+1/b22-20-,45-42-. The fraction of sp³-hybridized carbons (Fsp3) is 0.900. The number of phosphoric ester groups is 1. The summed E-state index contributed by atoms with van der Waals surface area (Å²) in [6.45, 7) is 4.94. The van der Waals surface area contributed by atoms with Gasteiger partial charge in [-0.2, -0.15) is 0 Å². The lowest BCUT2D eigenvalue weighted by Gasteiger charge is -2.24. The molecule has 0 rings (SSSR count). The first-order chi connectivity index (χ1) is 28.6. The molecule has 0 spiro atoms. The summed E-state index contributed by atoms with van der Waals surface area (Å²) in [4.78, 5) is 22.8. The number of unbranched alkanes of at least 4 members (excludes halogenated alkanes) is 31. The molecular weight excluding hydrogens is 758 g/mol. The van der Waals surface area contributed by atoms with Gasteiger partial charge in [0.15, 0.2) is 6.10 Å². The lowest BCUT2D eigenvalue weighted by atomic mass is 10.0. The first-order valence-electron chi connectivity index (χ1n) is 25.1. The molecule has 0 aromatic rings. The molecule has 0 fully saturated rings. The van der Waals surface area contributed by atoms with Gasteiger partial charge in [-0.1, -0.05) is 199 Å². The van der Waals surface area contributed by atoms with Gasteiger partial charge >= 0.3 is 13.8 Å². The molecule has 0 radical (unpaired) electrons. The molecule has 350 valence electrons. The Kier molecular flexibility index (Phi) is 42.6. The number of esters is 1. The summed E-state index contributed by atoms with van der Waals surface area (Å²) < 4.78 is 34.9. The van der Waals surface area contributed by atoms with Crippen molar-refractivity contribution in [3.8, 4) is 0 Å². The van der Waals surface area contributed by atoms with Crippen molar-refractivity contribution >= 4 is 13.8 Å². The Bertz CT molecular complexity index is 998. The number of likely N-dealkylation sites (N-methyl/N-ethyl adjacent to an activating group) is 1. The molecule has 8 nitrogen and oxygen atoms in total. The number of carbonyl (C=O) groups excluding carboxylic acids is 1. The highest BCUT2D eigenvalue weighted by Crippen LogP contribution is 2.43. The molecule has 0 aromatic carbocycles. The van der Waals surface area contributed by atoms with Crippen molar-refractivity contribution in [1.29, 1.82) is 0 Å². The second-order valence-corrected chi connectivity index (χ2v) is 19.7. The first kappa shape index (κ1) is 57.8. The molecule has 0 saturated heterocycles. The van der Waals surface area contributed by atoms with E-state index in [1.165, 1.54) is 186 Å². The van der Waals surface area contributed by atoms with Gasteiger partial charge in [0.2, 0.25) is 0 Å². The summed E-state index contributed by atoms with van der Waals surface area (Å²) >= 11 is 0. The summed E-state index contributed by atoms with van der Waals surface area (Å²) in [5.41, 5.74) is 0. The van der Waals surface area contributed by atoms with E-state index in [0.29, 0.717) is 17.4 Å². The smallest absolute Gasteiger partial charge is 0.472 e. The minimum absolute atomic E-state index is 0.0448. The first-order valence-corrected chi connectivity index (χ1v) is 26.6. The van der Waals surface area contributed by atoms with Crippen molar-refractivity contribution in [2.75, 3.05) is 47.5 Å². The van der Waals surface area contributed by atoms with Gasteiger partial charge in [0.05, 0.1) is 34.0 Å². The zero-order chi connectivity index (χ0) is 43.4. The predicted octanol–water partition coefficient (Wildman–Crippen LogP) is 15.5. The number of hydrogen-bond donors (Lipinski definition) is 1. The van der Waals surface area contributed by atoms with Gasteiger partial charge in [0.1, 0.15) is 19.8 Å². The van der Waals surface area contributed by atoms with Gasteiger partial charge in [-0.15, -0.1) is 0 Å². The second kappa shape index (κ2) is 43.5. The summed E-state index contributed by atoms with van der Waals surface area (Å²) in [6, 6.07) is 0. The SMILES string of the molecule is CCCCCCCC/C=C\CCCCCCCCCCCCCC(=O)OCC(COP(=O)(O)OCC[N+](C)(C)C)O/C=C\CCCCCCCCCCCCCCCC. The zero-order valence-electron chi connectivity index (χ0n) is 39.8. The van der Waals surface area contributed by atoms with Crippen LogP contribution in [0.5, 0.6) is 0 Å². The van der Waals surface area contributed by atoms with E-state index >= 15 is 0 Å². The topological polar surface area (TPSA) is 91.3 Å². The number of ether oxygens (including phenoxy) is 2. The van der Waals surface area contributed by atoms with E-state index in [1.807, 2.05) is 27.2 Å². The largest absolute Gasteiger partial charge is 0.492 e. The second-order valence-electron chi connectivity index (χ2n) is 18.3. The van der Waals surface area contributed by atoms with Gasteiger partial charge in [-0.25, -0.2) is 4.57 Å². The Labute approximate surface area is 366 Å². The van der Waals surface area contributed by atoms with Gasteiger partial charge in [0, 0.05) is 6.42 Å². The average Bonchev–Trinajstić information content (AvgIpc) is 3.19. The number of quaternary nitrogens is 1. The molecule has 59 heavy (non-hydrogen) atoms. The van der Waals surface area contributed by atoms with E-state index in [0.717, 1.165) is 32.1 Å². The molecule has 1 N–H and O–H groups in total. The third-order valence-electron chi connectivity index (χ3n) is 11.1. The fourth-order valence-corrected chi connectivity index (χ4v) is 7.86. The van der Waals surface area contributed by atoms with Crippen molar-refractivity contribution in [3.63, 3.8) is 0 Å². The van der Waals surface area contributed by atoms with Crippen molar-refractivity contribution in [2.24, 2.45) is 0 Å². The van der Waals surface area contributed by atoms with Crippen LogP contribution in [0.2, 0.25) is 0 Å². The van der Waals surface area contributed by atoms with Crippen LogP contribution in [-0.4, -0.2) is 69.0 Å². The number of phosphoric acid groups is 1. The maximum Gasteiger partial charge on any atom is 0.472 e. The van der Waals surface area contributed by atoms with E-state index in [4.69, 9.17) is 18.5 Å². The van der Waals surface area contributed by atoms with Crippen LogP contribution in [-0.2, 0) is 27.9 Å². The van der Waals surface area contributed by atoms with Crippen LogP contribution in [0.3, 0.4) is 0 Å². The van der Waals surface area contributed by atoms with Crippen molar-refractivity contribution in [1.82, 2.24) is 0 Å². The van der Waals surface area contributed by atoms with Crippen LogP contribution in [0.1, 0.15) is 239 Å². The Morgan fingerprint density at radius 3 is 1.31 bits per heavy atom. The normalized spacial score (nSPS) is 13.7. The zero-order valence-corrected chi connectivity index (χ0v) is 40.6. The Morgan fingerprint density at radius 1 is 0.525 bits per heavy atom. The molecule has 0 heterocycles. The number of hydrogen-bond acceptors (Lipinski definition) is 6. The van der Waals surface area contributed by atoms with Gasteiger partial charge in [0.25, 0.3) is 0 Å². The number of nitrogens with zero attached hydrogens (tertiary/aromatic N) is 1. The summed E-state index contributed by atoms with van der Waals surface area (Å²) in [7, 11) is 1.68. The monoisotopic (exact) mass is 857 g/mol. The molecule has 2 unspecified atom stereocenters. The molecule has 0 aliphatic carbocycles. The highest BCUT2D eigenvalue weighted by atomic mass is 31.2. The van der Waals surface area contributed by atoms with Crippen molar-refractivity contribution < 1.29 is 37.3 Å². The fourth-order valence-electron chi connectivity index (χ4n) is 7.12. The van der Waals surface area contributed by atoms with Crippen LogP contribution < -0.4 is 0 Å². The molecule has 0 bridgehead atoms. The Hall–Kier alpha value is -1.18. The molecule has 0 amide bonds. The minimum Gasteiger partial charge on any atom is -0.492 e. The van der Waals surface area contributed by atoms with Crippen LogP contribution in [0.25, 0.3) is 0 Å². The number of carbonyl (C=O) groups is 1. The van der Waals surface area contributed by atoms with E-state index in [-0.39, 0.29) is 25.8 Å². The highest BCUT2D eigenvalue weighted by molar-refractivity contribution is 7.47. The highest BCUT2D eigenvalue weighted by Gasteiger charge is 2.25. The van der Waals surface area contributed by atoms with Crippen molar-refractivity contribution in [3.05, 3.63) is 24.5 Å². The minimum atomic E-state index is -4.27. The van der Waals surface area contributed by atoms with E-state index in [9.17, 15) is 14.3 Å². The summed E-state index contributed by atoms with van der Waals surface area (Å²) in [5.74, 6) is -0.273. The molecule has 9 heteroatoms. The average molecular weight is 857 g/mol. The van der Waals surface area contributed by atoms with Gasteiger partial charge < -0.3 is 18.9 Å². The third kappa shape index (κ3) is 47.7. The lowest BCUT2D eigenvalue weighted by Crippen LogP contribution is -2.37. The third-order valence-corrected chi connectivity index (χ3v) is 12.1. The van der Waals surface area contributed by atoms with Crippen LogP contribution in [0.15, 0.2) is 24.5 Å². The van der Waals surface area contributed by atoms with E-state index in [2.05, 4.69) is 26.0 Å². The maximum absolute atomic E-state index is 12.5. The van der Waals surface area contributed by atoms with Gasteiger partial charge in [-0.05, 0) is 51.0 Å². The molecule has 0 aliphatic heterocycles. The van der Waals surface area contributed by atoms with Crippen LogP contribution >= 0.6 is 7.82 Å². The quantitative estimate of drug-likeness (QED) is 0.0163. The Balaban J connectivity index is 4.15. The molecule has 0 saturated carbocycles. The molecular formula is C50H99NO7P+. The van der Waals surface area contributed by atoms with E-state index < -0.39 is 13.9 Å². The molecule has 2 atom stereocenters. The van der Waals surface area contributed by atoms with Gasteiger partial charge in [-0.3, -0.25) is 13.8 Å². The summed E-state index contributed by atoms with van der Waals surface area (Å²) in [5, 5.41) is 0. The molecule has 0 aliphatic rings. The van der Waals surface area contributed by atoms with Crippen LogP contribution in [0, 0.1) is 0 Å². The predicted molar refractivity (Wildman–Crippen MR) is 252 cm³/mol.